The van der Waals surface area contributed by atoms with Gasteiger partial charge in [-0.1, -0.05) is 0 Å². The monoisotopic (exact) mass is 344 g/mol. The molecule has 3 amide bonds. The van der Waals surface area contributed by atoms with Crippen LogP contribution in [0.5, 0.6) is 0 Å². The van der Waals surface area contributed by atoms with Crippen molar-refractivity contribution in [2.24, 2.45) is 0 Å². The average molecular weight is 344 g/mol. The van der Waals surface area contributed by atoms with Crippen LogP contribution in [-0.4, -0.2) is 73.0 Å². The zero-order valence-corrected chi connectivity index (χ0v) is 15.3. The van der Waals surface area contributed by atoms with Crippen LogP contribution in [0.25, 0.3) is 0 Å². The van der Waals surface area contributed by atoms with E-state index in [0.717, 1.165) is 69.8 Å². The summed E-state index contributed by atoms with van der Waals surface area (Å²) in [7, 11) is 2.08. The van der Waals surface area contributed by atoms with Gasteiger partial charge in [0.1, 0.15) is 0 Å². The van der Waals surface area contributed by atoms with E-state index >= 15 is 0 Å². The maximum atomic E-state index is 12.5. The van der Waals surface area contributed by atoms with E-state index in [9.17, 15) is 9.59 Å². The molecule has 0 bridgehead atoms. The number of carbonyl (C=O) groups is 2. The number of carbonyl (C=O) groups excluding carboxylic acids is 2. The highest BCUT2D eigenvalue weighted by atomic mass is 16.2. The van der Waals surface area contributed by atoms with Gasteiger partial charge in [0.2, 0.25) is 0 Å². The quantitative estimate of drug-likeness (QED) is 0.896. The van der Waals surface area contributed by atoms with Crippen LogP contribution in [0.1, 0.15) is 35.2 Å². The summed E-state index contributed by atoms with van der Waals surface area (Å²) in [6.07, 6.45) is 3.17. The molecule has 2 saturated heterocycles. The van der Waals surface area contributed by atoms with E-state index in [4.69, 9.17) is 0 Å². The van der Waals surface area contributed by atoms with Gasteiger partial charge in [0, 0.05) is 44.0 Å². The maximum Gasteiger partial charge on any atom is 0.321 e. The summed E-state index contributed by atoms with van der Waals surface area (Å²) >= 11 is 0. The molecule has 0 saturated carbocycles. The van der Waals surface area contributed by atoms with Gasteiger partial charge in [0.15, 0.2) is 0 Å². The standard InChI is InChI=1S/C19H28N4O2/c1-15-14-16(18(24)22-9-3-4-10-22)6-7-17(15)20-19(25)23-11-5-8-21(2)12-13-23/h6-7,14H,3-5,8-13H2,1-2H3,(H,20,25). The lowest BCUT2D eigenvalue weighted by atomic mass is 10.1. The number of hydrogen-bond donors (Lipinski definition) is 1. The van der Waals surface area contributed by atoms with Crippen molar-refractivity contribution in [2.45, 2.75) is 26.2 Å². The number of nitrogens with one attached hydrogen (secondary N) is 1. The molecule has 25 heavy (non-hydrogen) atoms. The molecular weight excluding hydrogens is 316 g/mol. The Balaban J connectivity index is 1.64. The van der Waals surface area contributed by atoms with Gasteiger partial charge >= 0.3 is 6.03 Å². The fraction of sp³-hybridized carbons (Fsp3) is 0.579. The van der Waals surface area contributed by atoms with Crippen LogP contribution < -0.4 is 5.32 Å². The lowest BCUT2D eigenvalue weighted by Gasteiger charge is -2.22. The van der Waals surface area contributed by atoms with Crippen molar-refractivity contribution < 1.29 is 9.59 Å². The van der Waals surface area contributed by atoms with E-state index in [1.54, 1.807) is 0 Å². The van der Waals surface area contributed by atoms with Crippen LogP contribution in [0.4, 0.5) is 10.5 Å². The number of rotatable bonds is 2. The number of benzene rings is 1. The Morgan fingerprint density at radius 3 is 2.36 bits per heavy atom. The summed E-state index contributed by atoms with van der Waals surface area (Å²) in [6.45, 7) is 7.07. The Labute approximate surface area is 149 Å². The molecule has 2 heterocycles. The largest absolute Gasteiger partial charge is 0.339 e. The van der Waals surface area contributed by atoms with Crippen LogP contribution >= 0.6 is 0 Å². The third kappa shape index (κ3) is 4.31. The molecular formula is C19H28N4O2. The first-order valence-corrected chi connectivity index (χ1v) is 9.19. The zero-order valence-electron chi connectivity index (χ0n) is 15.3. The molecule has 1 aromatic carbocycles. The molecule has 0 unspecified atom stereocenters. The number of anilines is 1. The maximum absolute atomic E-state index is 12.5. The van der Waals surface area contributed by atoms with Crippen molar-refractivity contribution in [1.82, 2.24) is 14.7 Å². The molecule has 0 radical (unpaired) electrons. The number of aryl methyl sites for hydroxylation is 1. The number of likely N-dealkylation sites (tertiary alicyclic amines) is 1. The average Bonchev–Trinajstić information content (AvgIpc) is 3.04. The minimum Gasteiger partial charge on any atom is -0.339 e. The molecule has 0 aliphatic carbocycles. The first kappa shape index (κ1) is 17.7. The number of nitrogens with zero attached hydrogens (tertiary/aromatic N) is 3. The van der Waals surface area contributed by atoms with Gasteiger partial charge in [0.05, 0.1) is 0 Å². The molecule has 136 valence electrons. The van der Waals surface area contributed by atoms with Gasteiger partial charge < -0.3 is 20.0 Å². The van der Waals surface area contributed by atoms with Crippen molar-refractivity contribution in [3.8, 4) is 0 Å². The lowest BCUT2D eigenvalue weighted by Crippen LogP contribution is -2.37. The summed E-state index contributed by atoms with van der Waals surface area (Å²) in [6, 6.07) is 5.49. The molecule has 2 fully saturated rings. The van der Waals surface area contributed by atoms with Crippen LogP contribution in [0.15, 0.2) is 18.2 Å². The van der Waals surface area contributed by atoms with Crippen molar-refractivity contribution in [2.75, 3.05) is 51.6 Å². The number of urea groups is 1. The van der Waals surface area contributed by atoms with Crippen molar-refractivity contribution in [1.29, 1.82) is 0 Å². The molecule has 2 aliphatic rings. The highest BCUT2D eigenvalue weighted by Crippen LogP contribution is 2.20. The lowest BCUT2D eigenvalue weighted by molar-refractivity contribution is 0.0792. The van der Waals surface area contributed by atoms with Crippen molar-refractivity contribution in [3.63, 3.8) is 0 Å². The molecule has 0 atom stereocenters. The summed E-state index contributed by atoms with van der Waals surface area (Å²) < 4.78 is 0. The summed E-state index contributed by atoms with van der Waals surface area (Å²) in [5.41, 5.74) is 2.40. The number of amides is 3. The molecule has 2 aliphatic heterocycles. The Morgan fingerprint density at radius 1 is 0.920 bits per heavy atom. The van der Waals surface area contributed by atoms with Gasteiger partial charge in [-0.2, -0.15) is 0 Å². The van der Waals surface area contributed by atoms with E-state index in [2.05, 4.69) is 17.3 Å². The van der Waals surface area contributed by atoms with Gasteiger partial charge in [-0.05, 0) is 63.5 Å². The summed E-state index contributed by atoms with van der Waals surface area (Å²) in [5.74, 6) is 0.0917. The second kappa shape index (κ2) is 7.87. The molecule has 0 spiro atoms. The van der Waals surface area contributed by atoms with Gasteiger partial charge in [-0.15, -0.1) is 0 Å². The SMILES string of the molecule is Cc1cc(C(=O)N2CCCC2)ccc1NC(=O)N1CCCN(C)CC1. The van der Waals surface area contributed by atoms with Gasteiger partial charge in [-0.3, -0.25) is 4.79 Å². The number of hydrogen-bond acceptors (Lipinski definition) is 3. The molecule has 0 aromatic heterocycles. The normalized spacial score (nSPS) is 19.0. The number of likely N-dealkylation sites (N-methyl/N-ethyl adjacent to an activating group) is 1. The molecule has 6 heteroatoms. The molecule has 6 nitrogen and oxygen atoms in total. The van der Waals surface area contributed by atoms with E-state index in [1.807, 2.05) is 34.9 Å². The third-order valence-corrected chi connectivity index (χ3v) is 5.11. The molecule has 1 N–H and O–H groups in total. The van der Waals surface area contributed by atoms with E-state index in [0.29, 0.717) is 5.56 Å². The Kier molecular flexibility index (Phi) is 5.58. The predicted octanol–water partition coefficient (Wildman–Crippen LogP) is 2.40. The van der Waals surface area contributed by atoms with Crippen LogP contribution in [0, 0.1) is 6.92 Å². The highest BCUT2D eigenvalue weighted by Gasteiger charge is 2.21. The topological polar surface area (TPSA) is 55.9 Å². The second-order valence-corrected chi connectivity index (χ2v) is 7.10. The van der Waals surface area contributed by atoms with E-state index in [1.165, 1.54) is 0 Å². The van der Waals surface area contributed by atoms with Crippen molar-refractivity contribution >= 4 is 17.6 Å². The first-order chi connectivity index (χ1) is 12.0. The van der Waals surface area contributed by atoms with Crippen LogP contribution in [0.3, 0.4) is 0 Å². The highest BCUT2D eigenvalue weighted by molar-refractivity contribution is 5.96. The minimum absolute atomic E-state index is 0.0583. The predicted molar refractivity (Wildman–Crippen MR) is 99.0 cm³/mol. The van der Waals surface area contributed by atoms with Gasteiger partial charge in [0.25, 0.3) is 5.91 Å². The fourth-order valence-electron chi connectivity index (χ4n) is 3.48. The molecule has 3 rings (SSSR count). The second-order valence-electron chi connectivity index (χ2n) is 7.10. The fourth-order valence-corrected chi connectivity index (χ4v) is 3.48. The van der Waals surface area contributed by atoms with E-state index in [-0.39, 0.29) is 11.9 Å². The smallest absolute Gasteiger partial charge is 0.321 e. The zero-order chi connectivity index (χ0) is 17.8. The summed E-state index contributed by atoms with van der Waals surface area (Å²) in [4.78, 5) is 31.0. The van der Waals surface area contributed by atoms with Crippen LogP contribution in [-0.2, 0) is 0 Å². The summed E-state index contributed by atoms with van der Waals surface area (Å²) in [5, 5.41) is 3.00. The van der Waals surface area contributed by atoms with Crippen LogP contribution in [0.2, 0.25) is 0 Å². The minimum atomic E-state index is -0.0583. The van der Waals surface area contributed by atoms with Gasteiger partial charge in [-0.25, -0.2) is 4.79 Å². The Morgan fingerprint density at radius 2 is 1.64 bits per heavy atom. The first-order valence-electron chi connectivity index (χ1n) is 9.19. The van der Waals surface area contributed by atoms with Crippen molar-refractivity contribution in [3.05, 3.63) is 29.3 Å². The molecule has 1 aromatic rings. The Bertz CT molecular complexity index is 640. The Hall–Kier alpha value is -2.08. The third-order valence-electron chi connectivity index (χ3n) is 5.11. The van der Waals surface area contributed by atoms with E-state index < -0.39 is 0 Å².